The lowest BCUT2D eigenvalue weighted by Crippen LogP contribution is -2.22. The molecule has 0 aliphatic heterocycles. The Balaban J connectivity index is 2.71. The van der Waals surface area contributed by atoms with Crippen molar-refractivity contribution in [3.8, 4) is 5.75 Å². The fourth-order valence-electron chi connectivity index (χ4n) is 2.16. The normalized spacial score (nSPS) is 10.5. The van der Waals surface area contributed by atoms with Gasteiger partial charge in [-0.25, -0.2) is 0 Å². The van der Waals surface area contributed by atoms with Crippen LogP contribution in [0.15, 0.2) is 18.2 Å². The minimum Gasteiger partial charge on any atom is -0.495 e. The van der Waals surface area contributed by atoms with Gasteiger partial charge in [-0.15, -0.1) is 0 Å². The number of nitrogens with two attached hydrogens (primary N) is 1. The quantitative estimate of drug-likeness (QED) is 0.741. The summed E-state index contributed by atoms with van der Waals surface area (Å²) in [4.78, 5) is 12.2. The van der Waals surface area contributed by atoms with Gasteiger partial charge in [0.25, 0.3) is 0 Å². The zero-order valence-electron chi connectivity index (χ0n) is 12.0. The predicted octanol–water partition coefficient (Wildman–Crippen LogP) is 3.43. The van der Waals surface area contributed by atoms with Crippen LogP contribution in [0.5, 0.6) is 5.75 Å². The number of hydrogen-bond acceptors (Lipinski definition) is 3. The Morgan fingerprint density at radius 3 is 2.42 bits per heavy atom. The highest BCUT2D eigenvalue weighted by atomic mass is 16.5. The molecule has 0 saturated carbocycles. The number of carbonyl (C=O) groups excluding carboxylic acids is 1. The number of benzene rings is 1. The summed E-state index contributed by atoms with van der Waals surface area (Å²) in [6.07, 6.45) is 3.88. The minimum absolute atomic E-state index is 0.0771. The molecule has 1 rings (SSSR count). The SMILES string of the molecule is CCCC(CCC)C(=O)Nc1ccc(OC)c(N)c1. The molecule has 0 aliphatic rings. The molecule has 0 radical (unpaired) electrons. The number of carbonyl (C=O) groups is 1. The number of methoxy groups -OCH3 is 1. The van der Waals surface area contributed by atoms with Gasteiger partial charge < -0.3 is 15.8 Å². The first kappa shape index (κ1) is 15.3. The molecule has 106 valence electrons. The fraction of sp³-hybridized carbons (Fsp3) is 0.533. The van der Waals surface area contributed by atoms with Crippen LogP contribution in [0.2, 0.25) is 0 Å². The van der Waals surface area contributed by atoms with E-state index in [4.69, 9.17) is 10.5 Å². The third-order valence-corrected chi connectivity index (χ3v) is 3.14. The van der Waals surface area contributed by atoms with E-state index in [1.165, 1.54) is 0 Å². The van der Waals surface area contributed by atoms with E-state index >= 15 is 0 Å². The molecule has 1 aromatic carbocycles. The Labute approximate surface area is 115 Å². The molecular formula is C15H24N2O2. The molecule has 0 spiro atoms. The standard InChI is InChI=1S/C15H24N2O2/c1-4-6-11(7-5-2)15(18)17-12-8-9-14(19-3)13(16)10-12/h8-11H,4-7,16H2,1-3H3,(H,17,18). The molecule has 0 aliphatic carbocycles. The summed E-state index contributed by atoms with van der Waals surface area (Å²) in [5.74, 6) is 0.781. The maximum Gasteiger partial charge on any atom is 0.227 e. The summed E-state index contributed by atoms with van der Waals surface area (Å²) in [7, 11) is 1.57. The first-order chi connectivity index (χ1) is 9.12. The largest absolute Gasteiger partial charge is 0.495 e. The minimum atomic E-state index is 0.0771. The van der Waals surface area contributed by atoms with Crippen molar-refractivity contribution < 1.29 is 9.53 Å². The summed E-state index contributed by atoms with van der Waals surface area (Å²) in [6, 6.07) is 5.30. The Hall–Kier alpha value is -1.71. The van der Waals surface area contributed by atoms with Crippen LogP contribution in [0.3, 0.4) is 0 Å². The van der Waals surface area contributed by atoms with Crippen molar-refractivity contribution in [2.75, 3.05) is 18.2 Å². The second kappa shape index (κ2) is 7.67. The molecule has 4 nitrogen and oxygen atoms in total. The van der Waals surface area contributed by atoms with Gasteiger partial charge in [0.05, 0.1) is 12.8 Å². The van der Waals surface area contributed by atoms with Crippen LogP contribution >= 0.6 is 0 Å². The van der Waals surface area contributed by atoms with Gasteiger partial charge in [0.1, 0.15) is 5.75 Å². The number of anilines is 2. The van der Waals surface area contributed by atoms with Crippen LogP contribution in [0.25, 0.3) is 0 Å². The highest BCUT2D eigenvalue weighted by Gasteiger charge is 2.16. The fourth-order valence-corrected chi connectivity index (χ4v) is 2.16. The van der Waals surface area contributed by atoms with Crippen molar-refractivity contribution in [3.63, 3.8) is 0 Å². The summed E-state index contributed by atoms with van der Waals surface area (Å²) in [6.45, 7) is 4.20. The van der Waals surface area contributed by atoms with Crippen molar-refractivity contribution in [2.45, 2.75) is 39.5 Å². The average molecular weight is 264 g/mol. The number of amides is 1. The van der Waals surface area contributed by atoms with E-state index in [9.17, 15) is 4.79 Å². The van der Waals surface area contributed by atoms with E-state index in [1.807, 2.05) is 6.07 Å². The van der Waals surface area contributed by atoms with Gasteiger partial charge in [0.2, 0.25) is 5.91 Å². The van der Waals surface area contributed by atoms with Gasteiger partial charge in [-0.3, -0.25) is 4.79 Å². The van der Waals surface area contributed by atoms with Crippen molar-refractivity contribution >= 4 is 17.3 Å². The van der Waals surface area contributed by atoms with Crippen LogP contribution in [0.1, 0.15) is 39.5 Å². The second-order valence-corrected chi connectivity index (χ2v) is 4.72. The van der Waals surface area contributed by atoms with Crippen LogP contribution in [0, 0.1) is 5.92 Å². The second-order valence-electron chi connectivity index (χ2n) is 4.72. The van der Waals surface area contributed by atoms with Crippen molar-refractivity contribution in [2.24, 2.45) is 5.92 Å². The molecule has 0 aromatic heterocycles. The smallest absolute Gasteiger partial charge is 0.227 e. The Morgan fingerprint density at radius 2 is 1.95 bits per heavy atom. The maximum atomic E-state index is 12.2. The molecule has 19 heavy (non-hydrogen) atoms. The van der Waals surface area contributed by atoms with Gasteiger partial charge in [0, 0.05) is 11.6 Å². The van der Waals surface area contributed by atoms with Gasteiger partial charge in [-0.2, -0.15) is 0 Å². The molecular weight excluding hydrogens is 240 g/mol. The van der Waals surface area contributed by atoms with Crippen molar-refractivity contribution in [1.29, 1.82) is 0 Å². The van der Waals surface area contributed by atoms with E-state index < -0.39 is 0 Å². The summed E-state index contributed by atoms with van der Waals surface area (Å²) in [5, 5.41) is 2.93. The van der Waals surface area contributed by atoms with Crippen LogP contribution < -0.4 is 15.8 Å². The topological polar surface area (TPSA) is 64.3 Å². The molecule has 4 heteroatoms. The van der Waals surface area contributed by atoms with Crippen molar-refractivity contribution in [3.05, 3.63) is 18.2 Å². The maximum absolute atomic E-state index is 12.2. The number of nitrogens with one attached hydrogen (secondary N) is 1. The van der Waals surface area contributed by atoms with E-state index in [-0.39, 0.29) is 11.8 Å². The molecule has 0 saturated heterocycles. The van der Waals surface area contributed by atoms with Gasteiger partial charge in [-0.05, 0) is 31.0 Å². The monoisotopic (exact) mass is 264 g/mol. The van der Waals surface area contributed by atoms with Crippen molar-refractivity contribution in [1.82, 2.24) is 0 Å². The average Bonchev–Trinajstić information content (AvgIpc) is 2.38. The lowest BCUT2D eigenvalue weighted by molar-refractivity contribution is -0.120. The summed E-state index contributed by atoms with van der Waals surface area (Å²) in [5.41, 5.74) is 7.08. The van der Waals surface area contributed by atoms with Crippen LogP contribution in [-0.2, 0) is 4.79 Å². The Kier molecular flexibility index (Phi) is 6.19. The Bertz CT molecular complexity index is 413. The highest BCUT2D eigenvalue weighted by Crippen LogP contribution is 2.25. The molecule has 0 fully saturated rings. The Morgan fingerprint density at radius 1 is 1.32 bits per heavy atom. The molecule has 3 N–H and O–H groups in total. The third kappa shape index (κ3) is 4.47. The van der Waals surface area contributed by atoms with Gasteiger partial charge >= 0.3 is 0 Å². The lowest BCUT2D eigenvalue weighted by atomic mass is 9.97. The first-order valence-electron chi connectivity index (χ1n) is 6.86. The molecule has 1 aromatic rings. The summed E-state index contributed by atoms with van der Waals surface area (Å²) < 4.78 is 5.09. The molecule has 0 bridgehead atoms. The van der Waals surface area contributed by atoms with Gasteiger partial charge in [-0.1, -0.05) is 26.7 Å². The zero-order chi connectivity index (χ0) is 14.3. The first-order valence-corrected chi connectivity index (χ1v) is 6.86. The van der Waals surface area contributed by atoms with Crippen LogP contribution in [-0.4, -0.2) is 13.0 Å². The number of nitrogen functional groups attached to an aromatic ring is 1. The molecule has 1 amide bonds. The zero-order valence-corrected chi connectivity index (χ0v) is 12.0. The number of ether oxygens (including phenoxy) is 1. The lowest BCUT2D eigenvalue weighted by Gasteiger charge is -2.16. The predicted molar refractivity (Wildman–Crippen MR) is 79.3 cm³/mol. The van der Waals surface area contributed by atoms with E-state index in [1.54, 1.807) is 19.2 Å². The van der Waals surface area contributed by atoms with Gasteiger partial charge in [0.15, 0.2) is 0 Å². The number of hydrogen-bond donors (Lipinski definition) is 2. The molecule has 0 unspecified atom stereocenters. The van der Waals surface area contributed by atoms with E-state index in [0.29, 0.717) is 11.4 Å². The summed E-state index contributed by atoms with van der Waals surface area (Å²) >= 11 is 0. The highest BCUT2D eigenvalue weighted by molar-refractivity contribution is 5.93. The number of rotatable bonds is 7. The third-order valence-electron chi connectivity index (χ3n) is 3.14. The van der Waals surface area contributed by atoms with E-state index in [0.717, 1.165) is 31.4 Å². The molecule has 0 atom stereocenters. The molecule has 0 heterocycles. The van der Waals surface area contributed by atoms with E-state index in [2.05, 4.69) is 19.2 Å². The van der Waals surface area contributed by atoms with Crippen LogP contribution in [0.4, 0.5) is 11.4 Å².